The quantitative estimate of drug-likeness (QED) is 0.579. The number of aromatic nitrogens is 3. The topological polar surface area (TPSA) is 57.0 Å². The molecule has 1 atom stereocenters. The van der Waals surface area contributed by atoms with Gasteiger partial charge in [-0.25, -0.2) is 0 Å². The van der Waals surface area contributed by atoms with E-state index in [0.29, 0.717) is 6.61 Å². The minimum atomic E-state index is -0.283. The molecule has 0 amide bonds. The van der Waals surface area contributed by atoms with E-state index in [9.17, 15) is 4.79 Å². The van der Waals surface area contributed by atoms with Gasteiger partial charge < -0.3 is 9.30 Å². The molecule has 114 valence electrons. The first-order chi connectivity index (χ1) is 10.1. The van der Waals surface area contributed by atoms with Gasteiger partial charge >= 0.3 is 5.97 Å². The lowest BCUT2D eigenvalue weighted by Gasteiger charge is -2.11. The Labute approximate surface area is 132 Å². The number of nitrogens with zero attached hydrogens (tertiary/aromatic N) is 3. The zero-order valence-electron chi connectivity index (χ0n) is 12.4. The predicted octanol–water partition coefficient (Wildman–Crippen LogP) is 2.93. The molecule has 0 bridgehead atoms. The van der Waals surface area contributed by atoms with Crippen molar-refractivity contribution in [1.29, 1.82) is 0 Å². The molecule has 0 fully saturated rings. The lowest BCUT2D eigenvalue weighted by molar-refractivity contribution is -0.142. The molecule has 7 heteroatoms. The van der Waals surface area contributed by atoms with Gasteiger partial charge in [0.05, 0.1) is 6.61 Å². The molecule has 21 heavy (non-hydrogen) atoms. The van der Waals surface area contributed by atoms with Crippen LogP contribution >= 0.6 is 23.1 Å². The molecule has 0 aliphatic rings. The number of hydrogen-bond acceptors (Lipinski definition) is 6. The van der Waals surface area contributed by atoms with Gasteiger partial charge in [0, 0.05) is 11.4 Å². The molecule has 0 spiro atoms. The number of thiophene rings is 1. The average molecular weight is 325 g/mol. The van der Waals surface area contributed by atoms with E-state index in [2.05, 4.69) is 32.3 Å². The normalized spacial score (nSPS) is 12.3. The van der Waals surface area contributed by atoms with Crippen molar-refractivity contribution < 1.29 is 9.53 Å². The summed E-state index contributed by atoms with van der Waals surface area (Å²) in [6.45, 7) is 6.78. The standard InChI is InChI=1S/C14H19N3O2S2/c1-4-19-13(18)10(2)21-14-16-15-11(3)17(14)8-7-12-6-5-9-20-12/h5-6,9-10H,4,7-8H2,1-3H3. The van der Waals surface area contributed by atoms with Crippen molar-refractivity contribution in [3.63, 3.8) is 0 Å². The van der Waals surface area contributed by atoms with E-state index in [1.54, 1.807) is 11.3 Å². The molecular weight excluding hydrogens is 306 g/mol. The fourth-order valence-corrected chi connectivity index (χ4v) is 3.47. The Morgan fingerprint density at radius 1 is 1.52 bits per heavy atom. The molecular formula is C14H19N3O2S2. The molecule has 0 saturated carbocycles. The van der Waals surface area contributed by atoms with Crippen molar-refractivity contribution in [3.05, 3.63) is 28.2 Å². The number of aryl methyl sites for hydroxylation is 2. The Morgan fingerprint density at radius 2 is 2.33 bits per heavy atom. The van der Waals surface area contributed by atoms with E-state index < -0.39 is 0 Å². The molecule has 0 N–H and O–H groups in total. The number of carbonyl (C=O) groups is 1. The maximum atomic E-state index is 11.7. The van der Waals surface area contributed by atoms with Crippen molar-refractivity contribution >= 4 is 29.1 Å². The van der Waals surface area contributed by atoms with Gasteiger partial charge in [-0.2, -0.15) is 0 Å². The molecule has 2 aromatic heterocycles. The Hall–Kier alpha value is -1.34. The summed E-state index contributed by atoms with van der Waals surface area (Å²) in [5.74, 6) is 0.651. The van der Waals surface area contributed by atoms with Gasteiger partial charge in [-0.15, -0.1) is 21.5 Å². The Bertz CT molecular complexity index is 581. The summed E-state index contributed by atoms with van der Waals surface area (Å²) in [6.07, 6.45) is 0.942. The van der Waals surface area contributed by atoms with Crippen LogP contribution in [0, 0.1) is 6.92 Å². The molecule has 0 saturated heterocycles. The number of esters is 1. The fourth-order valence-electron chi connectivity index (χ4n) is 1.85. The lowest BCUT2D eigenvalue weighted by Crippen LogP contribution is -2.17. The second kappa shape index (κ2) is 7.61. The molecule has 0 radical (unpaired) electrons. The summed E-state index contributed by atoms with van der Waals surface area (Å²) in [7, 11) is 0. The van der Waals surface area contributed by atoms with Crippen LogP contribution in [0.25, 0.3) is 0 Å². The van der Waals surface area contributed by atoms with Gasteiger partial charge in [0.15, 0.2) is 5.16 Å². The molecule has 1 unspecified atom stereocenters. The van der Waals surface area contributed by atoms with Gasteiger partial charge in [0.2, 0.25) is 0 Å². The largest absolute Gasteiger partial charge is 0.465 e. The third-order valence-electron chi connectivity index (χ3n) is 2.96. The Balaban J connectivity index is 2.01. The van der Waals surface area contributed by atoms with Gasteiger partial charge in [-0.05, 0) is 38.6 Å². The molecule has 0 aromatic carbocycles. The second-order valence-electron chi connectivity index (χ2n) is 4.52. The predicted molar refractivity (Wildman–Crippen MR) is 84.7 cm³/mol. The van der Waals surface area contributed by atoms with Crippen LogP contribution in [-0.2, 0) is 22.5 Å². The van der Waals surface area contributed by atoms with Gasteiger partial charge in [-0.1, -0.05) is 17.8 Å². The Morgan fingerprint density at radius 3 is 3.00 bits per heavy atom. The van der Waals surface area contributed by atoms with Crippen molar-refractivity contribution in [2.24, 2.45) is 0 Å². The van der Waals surface area contributed by atoms with E-state index in [1.807, 2.05) is 20.8 Å². The van der Waals surface area contributed by atoms with Gasteiger partial charge in [-0.3, -0.25) is 4.79 Å². The molecule has 0 aliphatic heterocycles. The third-order valence-corrected chi connectivity index (χ3v) is 4.96. The average Bonchev–Trinajstić information content (AvgIpc) is 3.08. The van der Waals surface area contributed by atoms with Crippen LogP contribution in [0.3, 0.4) is 0 Å². The first-order valence-corrected chi connectivity index (χ1v) is 8.63. The minimum Gasteiger partial charge on any atom is -0.465 e. The number of carbonyl (C=O) groups excluding carboxylic acids is 1. The SMILES string of the molecule is CCOC(=O)C(C)Sc1nnc(C)n1CCc1cccs1. The summed E-state index contributed by atoms with van der Waals surface area (Å²) in [6, 6.07) is 4.18. The highest BCUT2D eigenvalue weighted by atomic mass is 32.2. The monoisotopic (exact) mass is 325 g/mol. The Kier molecular flexibility index (Phi) is 5.81. The van der Waals surface area contributed by atoms with Crippen LogP contribution in [0.5, 0.6) is 0 Å². The zero-order chi connectivity index (χ0) is 15.2. The van der Waals surface area contributed by atoms with Crippen LogP contribution in [0.4, 0.5) is 0 Å². The minimum absolute atomic E-state index is 0.215. The third kappa shape index (κ3) is 4.31. The first-order valence-electron chi connectivity index (χ1n) is 6.87. The van der Waals surface area contributed by atoms with Crippen LogP contribution in [0.15, 0.2) is 22.7 Å². The fraction of sp³-hybridized carbons (Fsp3) is 0.500. The van der Waals surface area contributed by atoms with Crippen LogP contribution < -0.4 is 0 Å². The summed E-state index contributed by atoms with van der Waals surface area (Å²) < 4.78 is 7.08. The van der Waals surface area contributed by atoms with Crippen molar-refractivity contribution in [2.45, 2.75) is 44.1 Å². The number of ether oxygens (including phenoxy) is 1. The van der Waals surface area contributed by atoms with Crippen molar-refractivity contribution in [1.82, 2.24) is 14.8 Å². The summed E-state index contributed by atoms with van der Waals surface area (Å²) >= 11 is 3.14. The second-order valence-corrected chi connectivity index (χ2v) is 6.86. The zero-order valence-corrected chi connectivity index (χ0v) is 14.0. The highest BCUT2D eigenvalue weighted by molar-refractivity contribution is 8.00. The first kappa shape index (κ1) is 16.0. The van der Waals surface area contributed by atoms with E-state index >= 15 is 0 Å². The van der Waals surface area contributed by atoms with Crippen molar-refractivity contribution in [2.75, 3.05) is 6.61 Å². The molecule has 0 aliphatic carbocycles. The maximum absolute atomic E-state index is 11.7. The van der Waals surface area contributed by atoms with Gasteiger partial charge in [0.25, 0.3) is 0 Å². The van der Waals surface area contributed by atoms with Crippen molar-refractivity contribution in [3.8, 4) is 0 Å². The van der Waals surface area contributed by atoms with E-state index in [0.717, 1.165) is 23.9 Å². The number of hydrogen-bond donors (Lipinski definition) is 0. The van der Waals surface area contributed by atoms with Gasteiger partial charge in [0.1, 0.15) is 11.1 Å². The van der Waals surface area contributed by atoms with Crippen LogP contribution in [-0.4, -0.2) is 32.6 Å². The lowest BCUT2D eigenvalue weighted by atomic mass is 10.3. The summed E-state index contributed by atoms with van der Waals surface area (Å²) in [5, 5.41) is 10.8. The highest BCUT2D eigenvalue weighted by Crippen LogP contribution is 2.23. The van der Waals surface area contributed by atoms with E-state index in [-0.39, 0.29) is 11.2 Å². The molecule has 2 aromatic rings. The van der Waals surface area contributed by atoms with Crippen LogP contribution in [0.1, 0.15) is 24.5 Å². The molecule has 5 nitrogen and oxygen atoms in total. The molecule has 2 heterocycles. The van der Waals surface area contributed by atoms with Crippen LogP contribution in [0.2, 0.25) is 0 Å². The molecule has 2 rings (SSSR count). The number of rotatable bonds is 7. The number of thioether (sulfide) groups is 1. The summed E-state index contributed by atoms with van der Waals surface area (Å²) in [5.41, 5.74) is 0. The highest BCUT2D eigenvalue weighted by Gasteiger charge is 2.19. The summed E-state index contributed by atoms with van der Waals surface area (Å²) in [4.78, 5) is 13.0. The maximum Gasteiger partial charge on any atom is 0.319 e. The van der Waals surface area contributed by atoms with E-state index in [4.69, 9.17) is 4.74 Å². The van der Waals surface area contributed by atoms with E-state index in [1.165, 1.54) is 16.6 Å². The smallest absolute Gasteiger partial charge is 0.319 e.